The summed E-state index contributed by atoms with van der Waals surface area (Å²) in [4.78, 5) is 16.7. The Balaban J connectivity index is 1.43. The van der Waals surface area contributed by atoms with Gasteiger partial charge in [-0.25, -0.2) is 18.9 Å². The van der Waals surface area contributed by atoms with Gasteiger partial charge >= 0.3 is 6.03 Å². The summed E-state index contributed by atoms with van der Waals surface area (Å²) in [6.07, 6.45) is 3.38. The van der Waals surface area contributed by atoms with Gasteiger partial charge in [0.2, 0.25) is 0 Å². The molecule has 34 heavy (non-hydrogen) atoms. The lowest BCUT2D eigenvalue weighted by molar-refractivity contribution is 0.262. The zero-order valence-corrected chi connectivity index (χ0v) is 19.6. The predicted octanol–water partition coefficient (Wildman–Crippen LogP) is 5.18. The fourth-order valence-electron chi connectivity index (χ4n) is 3.15. The van der Waals surface area contributed by atoms with Crippen LogP contribution in [0.25, 0.3) is 5.82 Å². The largest absolute Gasteiger partial charge is 0.457 e. The number of ether oxygens (including phenoxy) is 1. The van der Waals surface area contributed by atoms with Gasteiger partial charge < -0.3 is 10.1 Å². The summed E-state index contributed by atoms with van der Waals surface area (Å²) in [5, 5.41) is 13.9. The second-order valence-electron chi connectivity index (χ2n) is 8.86. The summed E-state index contributed by atoms with van der Waals surface area (Å²) in [5.41, 5.74) is 1.55. The molecule has 1 aromatic carbocycles. The van der Waals surface area contributed by atoms with Crippen molar-refractivity contribution in [1.29, 1.82) is 0 Å². The van der Waals surface area contributed by atoms with E-state index in [0.717, 1.165) is 11.4 Å². The monoisotopic (exact) mass is 463 g/mol. The summed E-state index contributed by atoms with van der Waals surface area (Å²) in [6.45, 7) is 7.98. The molecule has 0 unspecified atom stereocenters. The van der Waals surface area contributed by atoms with Gasteiger partial charge in [0.25, 0.3) is 0 Å². The molecular weight excluding hydrogens is 437 g/mol. The molecule has 4 aromatic rings. The number of carbonyl (C=O) groups excluding carboxylic acids is 1. The van der Waals surface area contributed by atoms with E-state index in [1.807, 2.05) is 33.8 Å². The number of amides is 2. The number of urea groups is 1. The summed E-state index contributed by atoms with van der Waals surface area (Å²) in [7, 11) is 1.73. The lowest BCUT2D eigenvalue weighted by Crippen LogP contribution is -2.21. The van der Waals surface area contributed by atoms with Crippen molar-refractivity contribution in [2.24, 2.45) is 7.05 Å². The van der Waals surface area contributed by atoms with Crippen LogP contribution in [0.4, 0.5) is 20.7 Å². The van der Waals surface area contributed by atoms with Crippen molar-refractivity contribution in [1.82, 2.24) is 24.5 Å². The number of hydrogen-bond acceptors (Lipinski definition) is 5. The van der Waals surface area contributed by atoms with E-state index in [1.165, 1.54) is 12.1 Å². The van der Waals surface area contributed by atoms with E-state index in [-0.39, 0.29) is 16.9 Å². The molecule has 0 aliphatic rings. The number of benzene rings is 1. The van der Waals surface area contributed by atoms with Crippen LogP contribution in [0, 0.1) is 12.7 Å². The standard InChI is InChI=1S/C24H26FN7O2/c1-15-9-11-32(29-15)21-13-17(8-10-26-21)34-16-6-7-19(18(25)12-16)27-23(33)28-22-14-20(24(2,3)4)30-31(22)5/h6-14H,1-5H3,(H2,27,28,33). The van der Waals surface area contributed by atoms with Crippen LogP contribution in [-0.4, -0.2) is 30.6 Å². The number of rotatable bonds is 5. The minimum absolute atomic E-state index is 0.0190. The third-order valence-corrected chi connectivity index (χ3v) is 4.99. The number of nitrogens with one attached hydrogen (secondary N) is 2. The molecule has 0 fully saturated rings. The van der Waals surface area contributed by atoms with Crippen LogP contribution < -0.4 is 15.4 Å². The lowest BCUT2D eigenvalue weighted by Gasteiger charge is -2.13. The molecule has 2 N–H and O–H groups in total. The molecule has 0 radical (unpaired) electrons. The average Bonchev–Trinajstić information content (AvgIpc) is 3.36. The van der Waals surface area contributed by atoms with Crippen molar-refractivity contribution in [2.75, 3.05) is 10.6 Å². The fourth-order valence-corrected chi connectivity index (χ4v) is 3.15. The highest BCUT2D eigenvalue weighted by Crippen LogP contribution is 2.27. The first kappa shape index (κ1) is 23.0. The predicted molar refractivity (Wildman–Crippen MR) is 127 cm³/mol. The molecule has 10 heteroatoms. The van der Waals surface area contributed by atoms with E-state index in [0.29, 0.717) is 17.4 Å². The highest BCUT2D eigenvalue weighted by molar-refractivity contribution is 5.99. The minimum atomic E-state index is -0.634. The van der Waals surface area contributed by atoms with Crippen LogP contribution in [0.5, 0.6) is 11.5 Å². The van der Waals surface area contributed by atoms with Gasteiger partial charge in [0.05, 0.1) is 17.1 Å². The molecule has 0 spiro atoms. The minimum Gasteiger partial charge on any atom is -0.457 e. The van der Waals surface area contributed by atoms with Crippen molar-refractivity contribution < 1.29 is 13.9 Å². The first-order valence-corrected chi connectivity index (χ1v) is 10.7. The zero-order valence-electron chi connectivity index (χ0n) is 19.6. The highest BCUT2D eigenvalue weighted by atomic mass is 19.1. The molecule has 0 bridgehead atoms. The Kier molecular flexibility index (Phi) is 6.06. The molecule has 0 aliphatic carbocycles. The van der Waals surface area contributed by atoms with E-state index >= 15 is 0 Å². The maximum Gasteiger partial charge on any atom is 0.324 e. The molecule has 0 aliphatic heterocycles. The first-order chi connectivity index (χ1) is 16.1. The lowest BCUT2D eigenvalue weighted by atomic mass is 9.92. The Hall–Kier alpha value is -4.21. The molecule has 0 saturated carbocycles. The van der Waals surface area contributed by atoms with Gasteiger partial charge in [-0.3, -0.25) is 10.00 Å². The molecule has 3 aromatic heterocycles. The number of carbonyl (C=O) groups is 1. The van der Waals surface area contributed by atoms with Crippen molar-refractivity contribution in [3.8, 4) is 17.3 Å². The third-order valence-electron chi connectivity index (χ3n) is 4.99. The van der Waals surface area contributed by atoms with Crippen LogP contribution in [0.15, 0.2) is 54.9 Å². The molecule has 2 amide bonds. The van der Waals surface area contributed by atoms with Crippen molar-refractivity contribution >= 4 is 17.5 Å². The number of nitrogens with zero attached hydrogens (tertiary/aromatic N) is 5. The van der Waals surface area contributed by atoms with Gasteiger partial charge in [0.15, 0.2) is 5.82 Å². The van der Waals surface area contributed by atoms with E-state index in [9.17, 15) is 9.18 Å². The van der Waals surface area contributed by atoms with Gasteiger partial charge in [-0.1, -0.05) is 20.8 Å². The van der Waals surface area contributed by atoms with E-state index in [2.05, 4.69) is 25.8 Å². The van der Waals surface area contributed by atoms with E-state index in [4.69, 9.17) is 4.74 Å². The highest BCUT2D eigenvalue weighted by Gasteiger charge is 2.20. The van der Waals surface area contributed by atoms with Crippen molar-refractivity contribution in [3.05, 3.63) is 72.1 Å². The van der Waals surface area contributed by atoms with Crippen LogP contribution in [0.3, 0.4) is 0 Å². The third kappa shape index (κ3) is 5.22. The van der Waals surface area contributed by atoms with Crippen LogP contribution in [0.2, 0.25) is 0 Å². The van der Waals surface area contributed by atoms with E-state index in [1.54, 1.807) is 53.1 Å². The molecule has 3 heterocycles. The van der Waals surface area contributed by atoms with Crippen molar-refractivity contribution in [3.63, 3.8) is 0 Å². The summed E-state index contributed by atoms with van der Waals surface area (Å²) in [5.74, 6) is 1.19. The maximum atomic E-state index is 14.7. The maximum absolute atomic E-state index is 14.7. The number of hydrogen-bond donors (Lipinski definition) is 2. The molecular formula is C24H26FN7O2. The second-order valence-corrected chi connectivity index (χ2v) is 8.86. The second kappa shape index (κ2) is 8.97. The summed E-state index contributed by atoms with van der Waals surface area (Å²) < 4.78 is 23.6. The molecule has 0 saturated heterocycles. The topological polar surface area (TPSA) is 98.9 Å². The van der Waals surface area contributed by atoms with Gasteiger partial charge in [0.1, 0.15) is 23.1 Å². The fraction of sp³-hybridized carbons (Fsp3) is 0.250. The Morgan fingerprint density at radius 3 is 2.44 bits per heavy atom. The number of pyridine rings is 1. The van der Waals surface area contributed by atoms with Crippen LogP contribution in [0.1, 0.15) is 32.2 Å². The van der Waals surface area contributed by atoms with Crippen molar-refractivity contribution in [2.45, 2.75) is 33.1 Å². The van der Waals surface area contributed by atoms with Crippen LogP contribution >= 0.6 is 0 Å². The summed E-state index contributed by atoms with van der Waals surface area (Å²) >= 11 is 0. The smallest absolute Gasteiger partial charge is 0.324 e. The molecule has 176 valence electrons. The van der Waals surface area contributed by atoms with Gasteiger partial charge in [-0.05, 0) is 31.2 Å². The SMILES string of the molecule is Cc1ccn(-c2cc(Oc3ccc(NC(=O)Nc4cc(C(C)(C)C)nn4C)c(F)c3)ccn2)n1. The first-order valence-electron chi connectivity index (χ1n) is 10.7. The number of aromatic nitrogens is 5. The van der Waals surface area contributed by atoms with Gasteiger partial charge in [-0.2, -0.15) is 10.2 Å². The Bertz CT molecular complexity index is 1340. The van der Waals surface area contributed by atoms with Gasteiger partial charge in [0, 0.05) is 43.1 Å². The number of anilines is 2. The van der Waals surface area contributed by atoms with E-state index < -0.39 is 11.8 Å². The average molecular weight is 464 g/mol. The Morgan fingerprint density at radius 1 is 1.03 bits per heavy atom. The Morgan fingerprint density at radius 2 is 1.79 bits per heavy atom. The molecule has 9 nitrogen and oxygen atoms in total. The zero-order chi connectivity index (χ0) is 24.5. The molecule has 0 atom stereocenters. The van der Waals surface area contributed by atoms with Gasteiger partial charge in [-0.15, -0.1) is 0 Å². The number of halogens is 1. The Labute approximate surface area is 196 Å². The number of aryl methyl sites for hydroxylation is 2. The quantitative estimate of drug-likeness (QED) is 0.425. The van der Waals surface area contributed by atoms with Crippen LogP contribution in [-0.2, 0) is 12.5 Å². The summed E-state index contributed by atoms with van der Waals surface area (Å²) in [6, 6.07) is 10.6. The molecule has 4 rings (SSSR count). The normalized spacial score (nSPS) is 11.4.